The second-order valence-corrected chi connectivity index (χ2v) is 2.36. The lowest BCUT2D eigenvalue weighted by molar-refractivity contribution is -0.350. The van der Waals surface area contributed by atoms with Crippen molar-refractivity contribution in [3.63, 3.8) is 0 Å². The molecule has 0 radical (unpaired) electrons. The van der Waals surface area contributed by atoms with Crippen LogP contribution in [0.25, 0.3) is 0 Å². The lowest BCUT2D eigenvalue weighted by Gasteiger charge is -1.97. The summed E-state index contributed by atoms with van der Waals surface area (Å²) in [5.41, 5.74) is 2.16. The molecule has 0 spiro atoms. The zero-order valence-corrected chi connectivity index (χ0v) is 8.21. The maximum Gasteiger partial charge on any atom is 0.473 e. The second kappa shape index (κ2) is 5.38. The van der Waals surface area contributed by atoms with Crippen molar-refractivity contribution in [2.75, 3.05) is 12.0 Å². The molecule has 2 N–H and O–H groups in total. The summed E-state index contributed by atoms with van der Waals surface area (Å²) < 4.78 is 4.44. The highest BCUT2D eigenvalue weighted by molar-refractivity contribution is 6.31. The van der Waals surface area contributed by atoms with E-state index >= 15 is 0 Å². The van der Waals surface area contributed by atoms with Crippen molar-refractivity contribution in [3.05, 3.63) is 16.4 Å². The van der Waals surface area contributed by atoms with Gasteiger partial charge in [-0.25, -0.2) is 9.89 Å². The van der Waals surface area contributed by atoms with Gasteiger partial charge in [0, 0.05) is 0 Å². The van der Waals surface area contributed by atoms with E-state index in [1.54, 1.807) is 0 Å². The van der Waals surface area contributed by atoms with E-state index in [4.69, 9.17) is 0 Å². The third-order valence-electron chi connectivity index (χ3n) is 1.31. The molecule has 0 amide bonds. The van der Waals surface area contributed by atoms with E-state index in [2.05, 4.69) is 30.4 Å². The first kappa shape index (κ1) is 11.6. The molecule has 0 saturated heterocycles. The minimum atomic E-state index is -1.13. The number of H-pyrrole nitrogens is 1. The number of aromatic amines is 1. The van der Waals surface area contributed by atoms with Gasteiger partial charge in [-0.05, 0) is 11.8 Å². The maximum atomic E-state index is 11.1. The quantitative estimate of drug-likeness (QED) is 0.231. The molecule has 1 rings (SSSR count). The lowest BCUT2D eigenvalue weighted by Crippen LogP contribution is -2.26. The molecule has 0 bridgehead atoms. The zero-order valence-electron chi connectivity index (χ0n) is 8.21. The first-order chi connectivity index (χ1) is 7.65. The highest BCUT2D eigenvalue weighted by Gasteiger charge is 2.26. The highest BCUT2D eigenvalue weighted by atomic mass is 16.6. The minimum Gasteiger partial charge on any atom is -0.457 e. The molecule has 0 unspecified atom stereocenters. The number of nitro groups is 1. The number of carbonyl (C=O) groups is 1. The summed E-state index contributed by atoms with van der Waals surface area (Å²) in [5.74, 6) is -2.01. The first-order valence-electron chi connectivity index (χ1n) is 4.15. The molecule has 86 valence electrons. The number of amidine groups is 1. The number of hydrazone groups is 1. The van der Waals surface area contributed by atoms with Crippen molar-refractivity contribution in [3.8, 4) is 0 Å². The van der Waals surface area contributed by atoms with Gasteiger partial charge < -0.3 is 14.9 Å². The van der Waals surface area contributed by atoms with Gasteiger partial charge in [-0.3, -0.25) is 0 Å². The van der Waals surface area contributed by atoms with E-state index in [9.17, 15) is 14.9 Å². The molecule has 1 aromatic heterocycles. The summed E-state index contributed by atoms with van der Waals surface area (Å²) in [6.07, 6.45) is 1.17. The normalized spacial score (nSPS) is 10.9. The molecule has 10 heteroatoms. The van der Waals surface area contributed by atoms with Crippen LogP contribution in [0.5, 0.6) is 0 Å². The van der Waals surface area contributed by atoms with Crippen LogP contribution >= 0.6 is 0 Å². The second-order valence-electron chi connectivity index (χ2n) is 2.36. The van der Waals surface area contributed by atoms with Gasteiger partial charge in [-0.2, -0.15) is 10.1 Å². The van der Waals surface area contributed by atoms with Crippen molar-refractivity contribution in [1.82, 2.24) is 15.2 Å². The molecule has 0 saturated carbocycles. The zero-order chi connectivity index (χ0) is 12.0. The molecule has 0 atom stereocenters. The van der Waals surface area contributed by atoms with E-state index < -0.39 is 16.7 Å². The Labute approximate surface area is 88.9 Å². The van der Waals surface area contributed by atoms with Crippen molar-refractivity contribution in [1.29, 1.82) is 0 Å². The molecular weight excluding hydrogens is 220 g/mol. The molecule has 0 fully saturated rings. The van der Waals surface area contributed by atoms with Crippen LogP contribution in [0.3, 0.4) is 0 Å². The molecule has 0 aliphatic carbocycles. The average Bonchev–Trinajstić information content (AvgIpc) is 2.70. The van der Waals surface area contributed by atoms with Crippen LogP contribution in [0.15, 0.2) is 11.4 Å². The number of nitrogens with zero attached hydrogens (tertiary/aromatic N) is 4. The first-order valence-corrected chi connectivity index (χ1v) is 4.15. The molecule has 10 nitrogen and oxygen atoms in total. The number of aromatic nitrogens is 3. The van der Waals surface area contributed by atoms with Crippen LogP contribution < -0.4 is 5.43 Å². The summed E-state index contributed by atoms with van der Waals surface area (Å²) in [7, 11) is 0. The Morgan fingerprint density at radius 1 is 1.81 bits per heavy atom. The number of esters is 1. The summed E-state index contributed by atoms with van der Waals surface area (Å²) >= 11 is 0. The van der Waals surface area contributed by atoms with Gasteiger partial charge in [0.25, 0.3) is 5.95 Å². The number of anilines is 1. The Balaban J connectivity index is 2.73. The Morgan fingerprint density at radius 3 is 3.06 bits per heavy atom. The fourth-order valence-electron chi connectivity index (χ4n) is 0.722. The van der Waals surface area contributed by atoms with Gasteiger partial charge in [0.1, 0.15) is 6.33 Å². The molecule has 0 aromatic carbocycles. The van der Waals surface area contributed by atoms with E-state index in [1.165, 1.54) is 13.3 Å². The number of hydrogen-bond acceptors (Lipinski definition) is 8. The molecule has 0 aliphatic rings. The van der Waals surface area contributed by atoms with E-state index in [0.29, 0.717) is 0 Å². The summed E-state index contributed by atoms with van der Waals surface area (Å²) in [6, 6.07) is 0. The van der Waals surface area contributed by atoms with Crippen molar-refractivity contribution >= 4 is 17.8 Å². The van der Waals surface area contributed by atoms with Crippen LogP contribution in [0, 0.1) is 10.1 Å². The predicted molar refractivity (Wildman–Crippen MR) is 51.1 cm³/mol. The van der Waals surface area contributed by atoms with Gasteiger partial charge in [-0.1, -0.05) is 0 Å². The third kappa shape index (κ3) is 3.01. The summed E-state index contributed by atoms with van der Waals surface area (Å²) in [6.45, 7) is 1.55. The lowest BCUT2D eigenvalue weighted by atomic mass is 10.6. The topological polar surface area (TPSA) is 135 Å². The number of nitrogens with one attached hydrogen (secondary N) is 2. The SMILES string of the molecule is CCOC(=O)C(=NNc1ncn[nH]1)[N+](=O)[O-]. The van der Waals surface area contributed by atoms with Gasteiger partial charge in [0.2, 0.25) is 0 Å². The summed E-state index contributed by atoms with van der Waals surface area (Å²) in [4.78, 5) is 24.2. The fraction of sp³-hybridized carbons (Fsp3) is 0.333. The average molecular weight is 228 g/mol. The van der Waals surface area contributed by atoms with Crippen LogP contribution in [0.2, 0.25) is 0 Å². The fourth-order valence-corrected chi connectivity index (χ4v) is 0.722. The minimum absolute atomic E-state index is 0.0218. The number of ether oxygens (including phenoxy) is 1. The highest BCUT2D eigenvalue weighted by Crippen LogP contribution is 1.94. The number of hydrogen-bond donors (Lipinski definition) is 2. The Hall–Kier alpha value is -2.52. The number of rotatable bonds is 3. The maximum absolute atomic E-state index is 11.1. The van der Waals surface area contributed by atoms with Gasteiger partial charge in [-0.15, -0.1) is 5.43 Å². The van der Waals surface area contributed by atoms with Crippen LogP contribution in [0.1, 0.15) is 6.92 Å². The molecule has 1 aromatic rings. The third-order valence-corrected chi connectivity index (χ3v) is 1.31. The largest absolute Gasteiger partial charge is 0.473 e. The van der Waals surface area contributed by atoms with Crippen molar-refractivity contribution < 1.29 is 14.5 Å². The standard InChI is InChI=1S/C6H8N6O4/c1-2-16-5(13)4(12(14)15)9-11-6-7-3-8-10-6/h3H,2H2,1H3,(H2,7,8,10,11). The number of carbonyl (C=O) groups excluding carboxylic acids is 1. The van der Waals surface area contributed by atoms with Crippen LogP contribution in [0.4, 0.5) is 5.95 Å². The smallest absolute Gasteiger partial charge is 0.457 e. The molecule has 16 heavy (non-hydrogen) atoms. The van der Waals surface area contributed by atoms with Gasteiger partial charge >= 0.3 is 11.8 Å². The van der Waals surface area contributed by atoms with Gasteiger partial charge in [0.05, 0.1) is 11.7 Å². The Kier molecular flexibility index (Phi) is 3.89. The predicted octanol–water partition coefficient (Wildman–Crippen LogP) is -0.630. The van der Waals surface area contributed by atoms with Gasteiger partial charge in [0.15, 0.2) is 0 Å². The molecule has 1 heterocycles. The van der Waals surface area contributed by atoms with Crippen molar-refractivity contribution in [2.24, 2.45) is 5.10 Å². The van der Waals surface area contributed by atoms with Crippen LogP contribution in [-0.2, 0) is 9.53 Å². The van der Waals surface area contributed by atoms with E-state index in [-0.39, 0.29) is 12.6 Å². The molecular formula is C6H8N6O4. The Morgan fingerprint density at radius 2 is 2.56 bits per heavy atom. The Bertz CT molecular complexity index is 399. The van der Waals surface area contributed by atoms with Crippen LogP contribution in [-0.4, -0.2) is 38.5 Å². The van der Waals surface area contributed by atoms with E-state index in [1.807, 2.05) is 0 Å². The van der Waals surface area contributed by atoms with E-state index in [0.717, 1.165) is 0 Å². The monoisotopic (exact) mass is 228 g/mol. The van der Waals surface area contributed by atoms with Crippen molar-refractivity contribution in [2.45, 2.75) is 6.92 Å². The summed E-state index contributed by atoms with van der Waals surface area (Å²) in [5, 5.41) is 19.5. The molecule has 0 aliphatic heterocycles.